The zero-order valence-electron chi connectivity index (χ0n) is 12.1. The molecule has 4 fully saturated rings. The van der Waals surface area contributed by atoms with Crippen molar-refractivity contribution in [3.8, 4) is 0 Å². The quantitative estimate of drug-likeness (QED) is 0.847. The molecular formula is C16H25NO2. The Kier molecular flexibility index (Phi) is 3.18. The summed E-state index contributed by atoms with van der Waals surface area (Å²) in [4.78, 5) is 24.3. The van der Waals surface area contributed by atoms with Gasteiger partial charge in [0.1, 0.15) is 0 Å². The van der Waals surface area contributed by atoms with Crippen LogP contribution in [0.3, 0.4) is 0 Å². The molecule has 0 aromatic rings. The highest BCUT2D eigenvalue weighted by atomic mass is 16.2. The van der Waals surface area contributed by atoms with Gasteiger partial charge in [0, 0.05) is 11.8 Å². The average molecular weight is 263 g/mol. The zero-order valence-corrected chi connectivity index (χ0v) is 12.1. The van der Waals surface area contributed by atoms with E-state index >= 15 is 0 Å². The van der Waals surface area contributed by atoms with Crippen LogP contribution in [0.1, 0.15) is 58.8 Å². The lowest BCUT2D eigenvalue weighted by Gasteiger charge is -2.55. The highest BCUT2D eigenvalue weighted by molar-refractivity contribution is 5.91. The van der Waals surface area contributed by atoms with Gasteiger partial charge in [-0.1, -0.05) is 6.92 Å². The molecule has 4 bridgehead atoms. The topological polar surface area (TPSA) is 46.2 Å². The van der Waals surface area contributed by atoms with E-state index in [0.29, 0.717) is 6.42 Å². The first-order valence-electron chi connectivity index (χ1n) is 7.86. The molecule has 0 spiro atoms. The average Bonchev–Trinajstić information content (AvgIpc) is 2.36. The molecule has 0 aliphatic heterocycles. The maximum atomic E-state index is 12.7. The van der Waals surface area contributed by atoms with Gasteiger partial charge < -0.3 is 5.32 Å². The molecule has 1 atom stereocenters. The standard InChI is InChI=1S/C16H25NO2/c1-3-14(18)10(2)17-15(19)16-7-11-4-12(8-16)6-13(5-11)9-16/h10-13H,3-9H2,1-2H3,(H,17,19). The fourth-order valence-electron chi connectivity index (χ4n) is 5.13. The number of carbonyl (C=O) groups excluding carboxylic acids is 2. The van der Waals surface area contributed by atoms with Crippen molar-refractivity contribution >= 4 is 11.7 Å². The number of carbonyl (C=O) groups is 2. The molecular weight excluding hydrogens is 238 g/mol. The first kappa shape index (κ1) is 13.1. The summed E-state index contributed by atoms with van der Waals surface area (Å²) in [6.45, 7) is 3.68. The van der Waals surface area contributed by atoms with Gasteiger partial charge in [0.25, 0.3) is 0 Å². The summed E-state index contributed by atoms with van der Waals surface area (Å²) >= 11 is 0. The van der Waals surface area contributed by atoms with Gasteiger partial charge >= 0.3 is 0 Å². The van der Waals surface area contributed by atoms with Crippen LogP contribution >= 0.6 is 0 Å². The number of amides is 1. The molecule has 1 amide bonds. The lowest BCUT2D eigenvalue weighted by Crippen LogP contribution is -2.55. The Labute approximate surface area is 115 Å². The van der Waals surface area contributed by atoms with E-state index in [1.54, 1.807) is 0 Å². The van der Waals surface area contributed by atoms with Crippen LogP contribution in [0.25, 0.3) is 0 Å². The third-order valence-electron chi connectivity index (χ3n) is 5.70. The van der Waals surface area contributed by atoms with E-state index in [0.717, 1.165) is 37.0 Å². The Balaban J connectivity index is 1.71. The Hall–Kier alpha value is -0.860. The maximum Gasteiger partial charge on any atom is 0.226 e. The summed E-state index contributed by atoms with van der Waals surface area (Å²) in [6.07, 6.45) is 7.73. The van der Waals surface area contributed by atoms with Crippen molar-refractivity contribution < 1.29 is 9.59 Å². The summed E-state index contributed by atoms with van der Waals surface area (Å²) < 4.78 is 0. The number of hydrogen-bond acceptors (Lipinski definition) is 2. The molecule has 0 saturated heterocycles. The number of nitrogens with one attached hydrogen (secondary N) is 1. The maximum absolute atomic E-state index is 12.7. The van der Waals surface area contributed by atoms with Crippen LogP contribution in [0.4, 0.5) is 0 Å². The third-order valence-corrected chi connectivity index (χ3v) is 5.70. The molecule has 106 valence electrons. The Bertz CT molecular complexity index is 366. The van der Waals surface area contributed by atoms with Crippen LogP contribution in [-0.4, -0.2) is 17.7 Å². The highest BCUT2D eigenvalue weighted by Crippen LogP contribution is 2.60. The van der Waals surface area contributed by atoms with E-state index in [9.17, 15) is 9.59 Å². The van der Waals surface area contributed by atoms with Crippen LogP contribution in [-0.2, 0) is 9.59 Å². The van der Waals surface area contributed by atoms with Gasteiger partial charge in [-0.15, -0.1) is 0 Å². The van der Waals surface area contributed by atoms with Crippen molar-refractivity contribution in [2.75, 3.05) is 0 Å². The van der Waals surface area contributed by atoms with Gasteiger partial charge in [-0.05, 0) is 63.2 Å². The van der Waals surface area contributed by atoms with Gasteiger partial charge in [0.15, 0.2) is 5.78 Å². The van der Waals surface area contributed by atoms with Crippen molar-refractivity contribution in [2.45, 2.75) is 64.8 Å². The molecule has 3 heteroatoms. The lowest BCUT2D eigenvalue weighted by atomic mass is 9.49. The second-order valence-corrected chi connectivity index (χ2v) is 7.21. The highest BCUT2D eigenvalue weighted by Gasteiger charge is 2.54. The van der Waals surface area contributed by atoms with E-state index in [2.05, 4.69) is 5.32 Å². The Morgan fingerprint density at radius 3 is 2.00 bits per heavy atom. The molecule has 3 nitrogen and oxygen atoms in total. The van der Waals surface area contributed by atoms with E-state index in [-0.39, 0.29) is 23.1 Å². The predicted molar refractivity (Wildman–Crippen MR) is 73.5 cm³/mol. The number of Topliss-reactive ketones (excluding diaryl/α,β-unsaturated/α-hetero) is 1. The van der Waals surface area contributed by atoms with Gasteiger partial charge in [-0.2, -0.15) is 0 Å². The van der Waals surface area contributed by atoms with Crippen LogP contribution in [0.5, 0.6) is 0 Å². The van der Waals surface area contributed by atoms with Crippen molar-refractivity contribution in [3.05, 3.63) is 0 Å². The molecule has 4 aliphatic rings. The third kappa shape index (κ3) is 2.21. The minimum absolute atomic E-state index is 0.128. The van der Waals surface area contributed by atoms with Crippen LogP contribution < -0.4 is 5.32 Å². The summed E-state index contributed by atoms with van der Waals surface area (Å²) in [6, 6.07) is -0.314. The van der Waals surface area contributed by atoms with Gasteiger partial charge in [-0.3, -0.25) is 9.59 Å². The number of ketones is 1. The minimum atomic E-state index is -0.314. The molecule has 4 saturated carbocycles. The van der Waals surface area contributed by atoms with Gasteiger partial charge in [0.05, 0.1) is 6.04 Å². The summed E-state index contributed by atoms with van der Waals surface area (Å²) in [5.41, 5.74) is -0.128. The van der Waals surface area contributed by atoms with Crippen LogP contribution in [0.2, 0.25) is 0 Å². The first-order chi connectivity index (χ1) is 9.02. The van der Waals surface area contributed by atoms with Gasteiger partial charge in [0.2, 0.25) is 5.91 Å². The van der Waals surface area contributed by atoms with Crippen LogP contribution in [0, 0.1) is 23.2 Å². The van der Waals surface area contributed by atoms with Crippen molar-refractivity contribution in [3.63, 3.8) is 0 Å². The van der Waals surface area contributed by atoms with E-state index < -0.39 is 0 Å². The minimum Gasteiger partial charge on any atom is -0.346 e. The molecule has 0 heterocycles. The van der Waals surface area contributed by atoms with Crippen molar-refractivity contribution in [1.82, 2.24) is 5.32 Å². The molecule has 19 heavy (non-hydrogen) atoms. The molecule has 0 radical (unpaired) electrons. The smallest absolute Gasteiger partial charge is 0.226 e. The molecule has 4 rings (SSSR count). The monoisotopic (exact) mass is 263 g/mol. The summed E-state index contributed by atoms with van der Waals surface area (Å²) in [5, 5.41) is 3.00. The molecule has 1 N–H and O–H groups in total. The molecule has 4 aliphatic carbocycles. The Morgan fingerprint density at radius 2 is 1.58 bits per heavy atom. The largest absolute Gasteiger partial charge is 0.346 e. The zero-order chi connectivity index (χ0) is 13.6. The fourth-order valence-corrected chi connectivity index (χ4v) is 5.13. The SMILES string of the molecule is CCC(=O)C(C)NC(=O)C12CC3CC(CC(C3)C1)C2. The first-order valence-corrected chi connectivity index (χ1v) is 7.86. The van der Waals surface area contributed by atoms with Crippen molar-refractivity contribution in [1.29, 1.82) is 0 Å². The van der Waals surface area contributed by atoms with E-state index in [4.69, 9.17) is 0 Å². The van der Waals surface area contributed by atoms with E-state index in [1.165, 1.54) is 19.3 Å². The normalized spacial score (nSPS) is 41.1. The van der Waals surface area contributed by atoms with Crippen molar-refractivity contribution in [2.24, 2.45) is 23.2 Å². The lowest BCUT2D eigenvalue weighted by molar-refractivity contribution is -0.148. The second-order valence-electron chi connectivity index (χ2n) is 7.21. The number of rotatable bonds is 4. The predicted octanol–water partition coefficient (Wildman–Crippen LogP) is 2.69. The second kappa shape index (κ2) is 4.60. The fraction of sp³-hybridized carbons (Fsp3) is 0.875. The van der Waals surface area contributed by atoms with Crippen LogP contribution in [0.15, 0.2) is 0 Å². The molecule has 1 unspecified atom stereocenters. The summed E-state index contributed by atoms with van der Waals surface area (Å²) in [7, 11) is 0. The van der Waals surface area contributed by atoms with Gasteiger partial charge in [-0.25, -0.2) is 0 Å². The summed E-state index contributed by atoms with van der Waals surface area (Å²) in [5.74, 6) is 2.62. The van der Waals surface area contributed by atoms with E-state index in [1.807, 2.05) is 13.8 Å². The molecule has 0 aromatic carbocycles. The number of hydrogen-bond donors (Lipinski definition) is 1. The molecule has 0 aromatic heterocycles. The Morgan fingerprint density at radius 1 is 1.11 bits per heavy atom.